The maximum Gasteiger partial charge on any atom is 0.260 e. The van der Waals surface area contributed by atoms with Gasteiger partial charge in [-0.15, -0.1) is 11.3 Å². The van der Waals surface area contributed by atoms with Gasteiger partial charge in [-0.05, 0) is 30.7 Å². The van der Waals surface area contributed by atoms with Crippen molar-refractivity contribution in [1.29, 1.82) is 0 Å². The summed E-state index contributed by atoms with van der Waals surface area (Å²) in [5.41, 5.74) is 1.01. The summed E-state index contributed by atoms with van der Waals surface area (Å²) in [5.74, 6) is 0.288. The van der Waals surface area contributed by atoms with Gasteiger partial charge in [-0.1, -0.05) is 18.7 Å². The van der Waals surface area contributed by atoms with E-state index in [0.29, 0.717) is 16.5 Å². The molecule has 2 amide bonds. The van der Waals surface area contributed by atoms with Crippen LogP contribution in [-0.4, -0.2) is 53.1 Å². The van der Waals surface area contributed by atoms with Crippen LogP contribution in [0.15, 0.2) is 9.95 Å². The quantitative estimate of drug-likeness (QED) is 0.591. The minimum atomic E-state index is -0.271. The fourth-order valence-electron chi connectivity index (χ4n) is 2.91. The van der Waals surface area contributed by atoms with E-state index in [1.54, 1.807) is 25.4 Å². The molecule has 9 heteroatoms. The minimum Gasteiger partial charge on any atom is -0.347 e. The topological polar surface area (TPSA) is 95.2 Å². The lowest BCUT2D eigenvalue weighted by atomic mass is 9.89. The zero-order chi connectivity index (χ0) is 18.8. The Hall–Kier alpha value is -1.87. The molecule has 2 heterocycles. The molecule has 3 rings (SSSR count). The van der Waals surface area contributed by atoms with Crippen molar-refractivity contribution in [2.45, 2.75) is 31.3 Å². The van der Waals surface area contributed by atoms with Gasteiger partial charge < -0.3 is 15.2 Å². The number of aromatic nitrogens is 2. The molecule has 1 atom stereocenters. The molecule has 0 radical (unpaired) electrons. The average Bonchev–Trinajstić information content (AvgIpc) is 2.95. The SMILES string of the molecule is C[C@H]1CCc2c(sc3nc(SCC(=O)NCC(=O)N(C)C)[nH]c(=O)c23)C1. The number of rotatable bonds is 5. The van der Waals surface area contributed by atoms with Gasteiger partial charge in [0.15, 0.2) is 5.16 Å². The van der Waals surface area contributed by atoms with Crippen LogP contribution in [-0.2, 0) is 22.4 Å². The molecule has 2 N–H and O–H groups in total. The van der Waals surface area contributed by atoms with Crippen molar-refractivity contribution in [2.24, 2.45) is 5.92 Å². The van der Waals surface area contributed by atoms with E-state index in [2.05, 4.69) is 22.2 Å². The number of thiophene rings is 1. The summed E-state index contributed by atoms with van der Waals surface area (Å²) in [5, 5.41) is 3.71. The zero-order valence-electron chi connectivity index (χ0n) is 15.0. The van der Waals surface area contributed by atoms with E-state index in [-0.39, 0.29) is 29.7 Å². The van der Waals surface area contributed by atoms with Crippen molar-refractivity contribution in [3.8, 4) is 0 Å². The Balaban J connectivity index is 1.69. The largest absolute Gasteiger partial charge is 0.347 e. The van der Waals surface area contributed by atoms with Crippen LogP contribution >= 0.6 is 23.1 Å². The Bertz CT molecular complexity index is 903. The number of fused-ring (bicyclic) bond motifs is 3. The van der Waals surface area contributed by atoms with Crippen molar-refractivity contribution >= 4 is 45.1 Å². The minimum absolute atomic E-state index is 0.0365. The van der Waals surface area contributed by atoms with Gasteiger partial charge in [0.2, 0.25) is 11.8 Å². The molecule has 2 aromatic rings. The summed E-state index contributed by atoms with van der Waals surface area (Å²) >= 11 is 2.76. The smallest absolute Gasteiger partial charge is 0.260 e. The van der Waals surface area contributed by atoms with Crippen LogP contribution in [0.3, 0.4) is 0 Å². The molecular formula is C17H22N4O3S2. The molecular weight excluding hydrogens is 372 g/mol. The number of likely N-dealkylation sites (N-methyl/N-ethyl adjacent to an activating group) is 1. The van der Waals surface area contributed by atoms with Crippen molar-refractivity contribution in [3.05, 3.63) is 20.8 Å². The van der Waals surface area contributed by atoms with Crippen molar-refractivity contribution in [2.75, 3.05) is 26.4 Å². The number of hydrogen-bond acceptors (Lipinski definition) is 6. The first-order valence-corrected chi connectivity index (χ1v) is 10.3. The van der Waals surface area contributed by atoms with Crippen LogP contribution in [0.2, 0.25) is 0 Å². The predicted octanol–water partition coefficient (Wildman–Crippen LogP) is 1.41. The lowest BCUT2D eigenvalue weighted by Gasteiger charge is -2.17. The summed E-state index contributed by atoms with van der Waals surface area (Å²) in [6, 6.07) is 0. The van der Waals surface area contributed by atoms with Gasteiger partial charge in [0.05, 0.1) is 17.7 Å². The first-order chi connectivity index (χ1) is 12.3. The predicted molar refractivity (Wildman–Crippen MR) is 104 cm³/mol. The number of nitrogens with one attached hydrogen (secondary N) is 2. The molecule has 0 fully saturated rings. The van der Waals surface area contributed by atoms with Gasteiger partial charge >= 0.3 is 0 Å². The second-order valence-electron chi connectivity index (χ2n) is 6.76. The average molecular weight is 395 g/mol. The summed E-state index contributed by atoms with van der Waals surface area (Å²) in [4.78, 5) is 46.6. The third-order valence-corrected chi connectivity index (χ3v) is 6.44. The van der Waals surface area contributed by atoms with Gasteiger partial charge in [-0.3, -0.25) is 14.4 Å². The maximum absolute atomic E-state index is 12.5. The normalized spacial score (nSPS) is 16.3. The summed E-state index contributed by atoms with van der Waals surface area (Å²) in [6.07, 6.45) is 3.03. The van der Waals surface area contributed by atoms with Crippen molar-refractivity contribution < 1.29 is 9.59 Å². The van der Waals surface area contributed by atoms with E-state index in [0.717, 1.165) is 29.7 Å². The van der Waals surface area contributed by atoms with E-state index in [1.807, 2.05) is 0 Å². The van der Waals surface area contributed by atoms with Gasteiger partial charge in [-0.2, -0.15) is 0 Å². The van der Waals surface area contributed by atoms with E-state index < -0.39 is 0 Å². The monoisotopic (exact) mass is 394 g/mol. The maximum atomic E-state index is 12.5. The third-order valence-electron chi connectivity index (χ3n) is 4.42. The molecule has 26 heavy (non-hydrogen) atoms. The Labute approximate surface area is 159 Å². The Kier molecular flexibility index (Phi) is 5.67. The molecule has 7 nitrogen and oxygen atoms in total. The molecule has 0 unspecified atom stereocenters. The van der Waals surface area contributed by atoms with Crippen LogP contribution in [0, 0.1) is 5.92 Å². The van der Waals surface area contributed by atoms with Crippen molar-refractivity contribution in [1.82, 2.24) is 20.2 Å². The highest BCUT2D eigenvalue weighted by atomic mass is 32.2. The van der Waals surface area contributed by atoms with Gasteiger partial charge in [0.1, 0.15) is 4.83 Å². The number of aryl methyl sites for hydroxylation is 1. The molecule has 1 aliphatic carbocycles. The van der Waals surface area contributed by atoms with Gasteiger partial charge in [-0.25, -0.2) is 4.98 Å². The van der Waals surface area contributed by atoms with Crippen LogP contribution < -0.4 is 10.9 Å². The number of hydrogen-bond donors (Lipinski definition) is 2. The molecule has 1 aliphatic rings. The van der Waals surface area contributed by atoms with Crippen molar-refractivity contribution in [3.63, 3.8) is 0 Å². The highest BCUT2D eigenvalue weighted by Crippen LogP contribution is 2.36. The highest BCUT2D eigenvalue weighted by Gasteiger charge is 2.23. The number of amides is 2. The number of aromatic amines is 1. The lowest BCUT2D eigenvalue weighted by molar-refractivity contribution is -0.130. The van der Waals surface area contributed by atoms with E-state index in [4.69, 9.17) is 0 Å². The molecule has 0 aromatic carbocycles. The van der Waals surface area contributed by atoms with Crippen LogP contribution in [0.5, 0.6) is 0 Å². The summed E-state index contributed by atoms with van der Waals surface area (Å²) in [6.45, 7) is 2.19. The zero-order valence-corrected chi connectivity index (χ0v) is 16.7. The summed E-state index contributed by atoms with van der Waals surface area (Å²) in [7, 11) is 3.27. The second kappa shape index (κ2) is 7.79. The van der Waals surface area contributed by atoms with E-state index in [1.165, 1.54) is 21.5 Å². The molecule has 0 saturated heterocycles. The third kappa shape index (κ3) is 4.09. The first-order valence-electron chi connectivity index (χ1n) is 8.49. The number of carbonyl (C=O) groups excluding carboxylic acids is 2. The fraction of sp³-hybridized carbons (Fsp3) is 0.529. The molecule has 140 valence electrons. The van der Waals surface area contributed by atoms with Gasteiger partial charge in [0, 0.05) is 19.0 Å². The highest BCUT2D eigenvalue weighted by molar-refractivity contribution is 7.99. The fourth-order valence-corrected chi connectivity index (χ4v) is 5.05. The van der Waals surface area contributed by atoms with E-state index >= 15 is 0 Å². The molecule has 0 saturated carbocycles. The molecule has 0 spiro atoms. The van der Waals surface area contributed by atoms with Crippen LogP contribution in [0.25, 0.3) is 10.2 Å². The second-order valence-corrected chi connectivity index (χ2v) is 8.80. The first kappa shape index (κ1) is 18.9. The number of H-pyrrole nitrogens is 1. The molecule has 2 aromatic heterocycles. The Morgan fingerprint density at radius 1 is 1.42 bits per heavy atom. The summed E-state index contributed by atoms with van der Waals surface area (Å²) < 4.78 is 0. The number of carbonyl (C=O) groups is 2. The molecule has 0 aliphatic heterocycles. The standard InChI is InChI=1S/C17H22N4O3S2/c1-9-4-5-10-11(6-9)26-16-14(10)15(24)19-17(20-16)25-8-12(22)18-7-13(23)21(2)3/h9H,4-8H2,1-3H3,(H,18,22)(H,19,20,24)/t9-/m0/s1. The van der Waals surface area contributed by atoms with Crippen LogP contribution in [0.1, 0.15) is 23.8 Å². The Morgan fingerprint density at radius 2 is 2.19 bits per heavy atom. The molecule has 0 bridgehead atoms. The van der Waals surface area contributed by atoms with Gasteiger partial charge in [0.25, 0.3) is 5.56 Å². The number of nitrogens with zero attached hydrogens (tertiary/aromatic N) is 2. The Morgan fingerprint density at radius 3 is 2.92 bits per heavy atom. The van der Waals surface area contributed by atoms with Crippen LogP contribution in [0.4, 0.5) is 0 Å². The number of thioether (sulfide) groups is 1. The van der Waals surface area contributed by atoms with E-state index in [9.17, 15) is 14.4 Å². The lowest BCUT2D eigenvalue weighted by Crippen LogP contribution is -2.37.